The monoisotopic (exact) mass is 337 g/mol. The number of para-hydroxylation sites is 1. The molecule has 0 atom stereocenters. The molecule has 0 unspecified atom stereocenters. The number of carbonyl (C=O) groups excluding carboxylic acids is 2. The number of aromatic carboxylic acids is 1. The van der Waals surface area contributed by atoms with E-state index in [9.17, 15) is 19.5 Å². The zero-order valence-electron chi connectivity index (χ0n) is 14.0. The number of carboxylic acid groups (broad SMARTS) is 1. The van der Waals surface area contributed by atoms with E-state index >= 15 is 0 Å². The van der Waals surface area contributed by atoms with Gasteiger partial charge in [-0.25, -0.2) is 4.79 Å². The molecule has 0 fully saturated rings. The van der Waals surface area contributed by atoms with Gasteiger partial charge >= 0.3 is 5.97 Å². The van der Waals surface area contributed by atoms with E-state index < -0.39 is 17.7 Å². The number of benzene rings is 2. The van der Waals surface area contributed by atoms with Gasteiger partial charge in [-0.1, -0.05) is 24.3 Å². The van der Waals surface area contributed by atoms with Crippen molar-refractivity contribution in [1.82, 2.24) is 0 Å². The maximum atomic E-state index is 12.7. The average molecular weight is 337 g/mol. The maximum Gasteiger partial charge on any atom is 0.337 e. The SMILES string of the molecule is CC(=O)C(=O)N(c1ccccc1C(=O)O)c1cccc2c1CCCC2. The molecule has 0 saturated heterocycles. The van der Waals surface area contributed by atoms with Crippen molar-refractivity contribution in [2.45, 2.75) is 32.6 Å². The first-order valence-corrected chi connectivity index (χ1v) is 8.29. The van der Waals surface area contributed by atoms with Crippen LogP contribution in [0.5, 0.6) is 0 Å². The molecule has 0 radical (unpaired) electrons. The number of amides is 1. The molecular formula is C20H19NO4. The Morgan fingerprint density at radius 3 is 2.32 bits per heavy atom. The number of aryl methyl sites for hydroxylation is 1. The first kappa shape index (κ1) is 16.9. The van der Waals surface area contributed by atoms with Gasteiger partial charge in [0.1, 0.15) is 0 Å². The minimum Gasteiger partial charge on any atom is -0.478 e. The second-order valence-corrected chi connectivity index (χ2v) is 6.14. The van der Waals surface area contributed by atoms with Gasteiger partial charge in [-0.05, 0) is 55.0 Å². The molecule has 0 aromatic heterocycles. The zero-order valence-corrected chi connectivity index (χ0v) is 14.0. The molecular weight excluding hydrogens is 318 g/mol. The Hall–Kier alpha value is -2.95. The molecule has 0 saturated carbocycles. The van der Waals surface area contributed by atoms with Crippen LogP contribution in [0, 0.1) is 0 Å². The van der Waals surface area contributed by atoms with E-state index in [0.29, 0.717) is 5.69 Å². The van der Waals surface area contributed by atoms with Crippen molar-refractivity contribution in [3.8, 4) is 0 Å². The highest BCUT2D eigenvalue weighted by atomic mass is 16.4. The lowest BCUT2D eigenvalue weighted by atomic mass is 9.89. The van der Waals surface area contributed by atoms with Crippen LogP contribution < -0.4 is 4.90 Å². The summed E-state index contributed by atoms with van der Waals surface area (Å²) in [5.41, 5.74) is 2.98. The fraction of sp³-hybridized carbons (Fsp3) is 0.250. The normalized spacial score (nSPS) is 13.0. The van der Waals surface area contributed by atoms with Crippen molar-refractivity contribution < 1.29 is 19.5 Å². The van der Waals surface area contributed by atoms with E-state index in [4.69, 9.17) is 0 Å². The van der Waals surface area contributed by atoms with Crippen LogP contribution in [0.15, 0.2) is 42.5 Å². The molecule has 3 rings (SSSR count). The summed E-state index contributed by atoms with van der Waals surface area (Å²) >= 11 is 0. The predicted octanol–water partition coefficient (Wildman–Crippen LogP) is 3.52. The second kappa shape index (κ2) is 6.89. The third-order valence-corrected chi connectivity index (χ3v) is 4.49. The quantitative estimate of drug-likeness (QED) is 0.866. The van der Waals surface area contributed by atoms with Gasteiger partial charge in [-0.2, -0.15) is 0 Å². The molecule has 0 aliphatic heterocycles. The maximum absolute atomic E-state index is 12.7. The summed E-state index contributed by atoms with van der Waals surface area (Å²) in [4.78, 5) is 37.4. The first-order chi connectivity index (χ1) is 12.0. The first-order valence-electron chi connectivity index (χ1n) is 8.29. The highest BCUT2D eigenvalue weighted by Crippen LogP contribution is 2.36. The van der Waals surface area contributed by atoms with Crippen LogP contribution in [0.25, 0.3) is 0 Å². The number of anilines is 2. The van der Waals surface area contributed by atoms with E-state index in [0.717, 1.165) is 36.8 Å². The van der Waals surface area contributed by atoms with Crippen molar-refractivity contribution in [3.63, 3.8) is 0 Å². The van der Waals surface area contributed by atoms with Crippen LogP contribution in [-0.4, -0.2) is 22.8 Å². The van der Waals surface area contributed by atoms with E-state index in [1.807, 2.05) is 12.1 Å². The Balaban J connectivity index is 2.24. The topological polar surface area (TPSA) is 74.7 Å². The Labute approximate surface area is 145 Å². The fourth-order valence-electron chi connectivity index (χ4n) is 3.33. The molecule has 0 bridgehead atoms. The summed E-state index contributed by atoms with van der Waals surface area (Å²) in [6, 6.07) is 11.9. The number of rotatable bonds is 4. The van der Waals surface area contributed by atoms with Crippen molar-refractivity contribution in [3.05, 3.63) is 59.2 Å². The number of fused-ring (bicyclic) bond motifs is 1. The van der Waals surface area contributed by atoms with Crippen LogP contribution in [0.2, 0.25) is 0 Å². The number of ketones is 1. The van der Waals surface area contributed by atoms with Gasteiger partial charge in [0.15, 0.2) is 0 Å². The standard InChI is InChI=1S/C20H19NO4/c1-13(22)19(23)21(18-11-5-4-10-16(18)20(24)25)17-12-6-8-14-7-2-3-9-15(14)17/h4-6,8,10-12H,2-3,7,9H2,1H3,(H,24,25). The lowest BCUT2D eigenvalue weighted by molar-refractivity contribution is -0.134. The molecule has 128 valence electrons. The predicted molar refractivity (Wildman–Crippen MR) is 94.3 cm³/mol. The Morgan fingerprint density at radius 1 is 0.920 bits per heavy atom. The van der Waals surface area contributed by atoms with E-state index in [-0.39, 0.29) is 11.3 Å². The van der Waals surface area contributed by atoms with E-state index in [2.05, 4.69) is 0 Å². The van der Waals surface area contributed by atoms with Gasteiger partial charge in [-0.3, -0.25) is 14.5 Å². The van der Waals surface area contributed by atoms with E-state index in [1.165, 1.54) is 17.9 Å². The van der Waals surface area contributed by atoms with Crippen LogP contribution >= 0.6 is 0 Å². The summed E-state index contributed by atoms with van der Waals surface area (Å²) in [7, 11) is 0. The number of hydrogen-bond donors (Lipinski definition) is 1. The smallest absolute Gasteiger partial charge is 0.337 e. The molecule has 2 aromatic carbocycles. The fourth-order valence-corrected chi connectivity index (χ4v) is 3.33. The summed E-state index contributed by atoms with van der Waals surface area (Å²) < 4.78 is 0. The largest absolute Gasteiger partial charge is 0.478 e. The van der Waals surface area contributed by atoms with Gasteiger partial charge < -0.3 is 5.11 Å². The van der Waals surface area contributed by atoms with Gasteiger partial charge in [0.25, 0.3) is 5.91 Å². The highest BCUT2D eigenvalue weighted by molar-refractivity contribution is 6.42. The minimum absolute atomic E-state index is 0.00878. The van der Waals surface area contributed by atoms with Gasteiger partial charge in [-0.15, -0.1) is 0 Å². The summed E-state index contributed by atoms with van der Waals surface area (Å²) in [6.07, 6.45) is 3.82. The lowest BCUT2D eigenvalue weighted by Crippen LogP contribution is -2.33. The minimum atomic E-state index is -1.14. The number of nitrogens with zero attached hydrogens (tertiary/aromatic N) is 1. The summed E-state index contributed by atoms with van der Waals surface area (Å²) in [5.74, 6) is -2.50. The molecule has 0 spiro atoms. The van der Waals surface area contributed by atoms with Crippen LogP contribution in [-0.2, 0) is 22.4 Å². The number of carbonyl (C=O) groups is 3. The molecule has 1 aliphatic rings. The van der Waals surface area contributed by atoms with Crippen molar-refractivity contribution in [1.29, 1.82) is 0 Å². The highest BCUT2D eigenvalue weighted by Gasteiger charge is 2.28. The van der Waals surface area contributed by atoms with E-state index in [1.54, 1.807) is 24.3 Å². The number of carboxylic acids is 1. The molecule has 0 heterocycles. The third kappa shape index (κ3) is 3.18. The summed E-state index contributed by atoms with van der Waals surface area (Å²) in [6.45, 7) is 1.20. The van der Waals surface area contributed by atoms with Gasteiger partial charge in [0, 0.05) is 6.92 Å². The van der Waals surface area contributed by atoms with Crippen molar-refractivity contribution in [2.75, 3.05) is 4.90 Å². The lowest BCUT2D eigenvalue weighted by Gasteiger charge is -2.28. The number of hydrogen-bond acceptors (Lipinski definition) is 3. The van der Waals surface area contributed by atoms with Crippen molar-refractivity contribution in [2.24, 2.45) is 0 Å². The second-order valence-electron chi connectivity index (χ2n) is 6.14. The molecule has 1 N–H and O–H groups in total. The molecule has 1 aliphatic carbocycles. The molecule has 2 aromatic rings. The number of Topliss-reactive ketones (excluding diaryl/α,β-unsaturated/α-hetero) is 1. The molecule has 25 heavy (non-hydrogen) atoms. The van der Waals surface area contributed by atoms with Gasteiger partial charge in [0.05, 0.1) is 16.9 Å². The average Bonchev–Trinajstić information content (AvgIpc) is 2.62. The zero-order chi connectivity index (χ0) is 18.0. The summed E-state index contributed by atoms with van der Waals surface area (Å²) in [5, 5.41) is 9.50. The molecule has 5 nitrogen and oxygen atoms in total. The van der Waals surface area contributed by atoms with Crippen molar-refractivity contribution >= 4 is 29.0 Å². The third-order valence-electron chi connectivity index (χ3n) is 4.49. The van der Waals surface area contributed by atoms with Gasteiger partial charge in [0.2, 0.25) is 5.78 Å². The van der Waals surface area contributed by atoms with Crippen LogP contribution in [0.1, 0.15) is 41.3 Å². The Morgan fingerprint density at radius 2 is 1.60 bits per heavy atom. The Kier molecular flexibility index (Phi) is 4.65. The molecule has 5 heteroatoms. The Bertz CT molecular complexity index is 857. The van der Waals surface area contributed by atoms with Crippen LogP contribution in [0.4, 0.5) is 11.4 Å². The van der Waals surface area contributed by atoms with Crippen LogP contribution in [0.3, 0.4) is 0 Å². The molecule has 1 amide bonds.